The van der Waals surface area contributed by atoms with Gasteiger partial charge in [0.2, 0.25) is 5.91 Å². The van der Waals surface area contributed by atoms with Gasteiger partial charge in [-0.2, -0.15) is 8.42 Å². The molecule has 1 aromatic carbocycles. The highest BCUT2D eigenvalue weighted by molar-refractivity contribution is 7.86. The van der Waals surface area contributed by atoms with Gasteiger partial charge in [-0.25, -0.2) is 9.37 Å². The number of halogens is 2. The van der Waals surface area contributed by atoms with Gasteiger partial charge in [0, 0.05) is 29.8 Å². The van der Waals surface area contributed by atoms with Crippen LogP contribution in [0, 0.1) is 11.7 Å². The summed E-state index contributed by atoms with van der Waals surface area (Å²) in [7, 11) is -4.63. The summed E-state index contributed by atoms with van der Waals surface area (Å²) in [6.07, 6.45) is -0.0439. The van der Waals surface area contributed by atoms with E-state index in [1.54, 1.807) is 23.6 Å². The summed E-state index contributed by atoms with van der Waals surface area (Å²) in [6.45, 7) is 0.0895. The molecule has 0 saturated carbocycles. The van der Waals surface area contributed by atoms with Crippen molar-refractivity contribution in [2.45, 2.75) is 6.42 Å². The number of benzene rings is 1. The van der Waals surface area contributed by atoms with Crippen molar-refractivity contribution in [1.82, 2.24) is 4.98 Å². The van der Waals surface area contributed by atoms with Crippen LogP contribution in [-0.2, 0) is 15.0 Å². The first-order chi connectivity index (χ1) is 10.8. The molecule has 1 saturated heterocycles. The molecule has 3 rings (SSSR count). The lowest BCUT2D eigenvalue weighted by atomic mass is 10.1. The number of nitrogens with zero attached hydrogens (tertiary/aromatic N) is 2. The summed E-state index contributed by atoms with van der Waals surface area (Å²) in [4.78, 5) is 17.6. The first-order valence-electron chi connectivity index (χ1n) is 6.76. The fraction of sp³-hybridized carbons (Fsp3) is 0.286. The Morgan fingerprint density at radius 3 is 2.78 bits per heavy atom. The van der Waals surface area contributed by atoms with Gasteiger partial charge in [-0.3, -0.25) is 9.69 Å². The number of hydrogen-bond donors (Lipinski definition) is 0. The van der Waals surface area contributed by atoms with Crippen LogP contribution in [0.5, 0.6) is 0 Å². The van der Waals surface area contributed by atoms with Gasteiger partial charge in [0.05, 0.1) is 11.4 Å². The first-order valence-corrected chi connectivity index (χ1v) is 9.20. The van der Waals surface area contributed by atoms with Gasteiger partial charge in [0.1, 0.15) is 5.82 Å². The number of rotatable bonds is 4. The standard InChI is InChI=1S/C14H12F2N2O3S2/c15-11-4-2-1-3-10(11)12-7-22-14(17-12)18-6-9(5-13(18)19)8-23(16,20)21/h1-4,7,9H,5-6,8H2. The van der Waals surface area contributed by atoms with Gasteiger partial charge in [-0.15, -0.1) is 15.2 Å². The molecule has 5 nitrogen and oxygen atoms in total. The van der Waals surface area contributed by atoms with E-state index < -0.39 is 27.7 Å². The lowest BCUT2D eigenvalue weighted by molar-refractivity contribution is -0.117. The summed E-state index contributed by atoms with van der Waals surface area (Å²) < 4.78 is 47.9. The normalized spacial score (nSPS) is 18.6. The molecule has 0 aliphatic carbocycles. The van der Waals surface area contributed by atoms with E-state index in [0.29, 0.717) is 16.4 Å². The van der Waals surface area contributed by atoms with Crippen molar-refractivity contribution in [1.29, 1.82) is 0 Å². The fourth-order valence-corrected chi connectivity index (χ4v) is 4.18. The Balaban J connectivity index is 1.81. The van der Waals surface area contributed by atoms with E-state index in [2.05, 4.69) is 4.98 Å². The lowest BCUT2D eigenvalue weighted by Crippen LogP contribution is -2.25. The monoisotopic (exact) mass is 358 g/mol. The minimum absolute atomic E-state index is 0.0439. The van der Waals surface area contributed by atoms with Crippen LogP contribution in [0.1, 0.15) is 6.42 Å². The third kappa shape index (κ3) is 3.56. The van der Waals surface area contributed by atoms with Crippen molar-refractivity contribution in [2.24, 2.45) is 5.92 Å². The van der Waals surface area contributed by atoms with Gasteiger partial charge in [-0.1, -0.05) is 12.1 Å². The Kier molecular flexibility index (Phi) is 4.15. The average molecular weight is 358 g/mol. The Hall–Kier alpha value is -1.87. The molecule has 1 unspecified atom stereocenters. The van der Waals surface area contributed by atoms with Crippen LogP contribution >= 0.6 is 11.3 Å². The molecule has 23 heavy (non-hydrogen) atoms. The number of aromatic nitrogens is 1. The lowest BCUT2D eigenvalue weighted by Gasteiger charge is -2.12. The van der Waals surface area contributed by atoms with Crippen molar-refractivity contribution < 1.29 is 21.5 Å². The SMILES string of the molecule is O=C1CC(CS(=O)(=O)F)CN1c1nc(-c2ccccc2F)cs1. The van der Waals surface area contributed by atoms with Crippen LogP contribution < -0.4 is 4.90 Å². The summed E-state index contributed by atoms with van der Waals surface area (Å²) in [5, 5.41) is 1.98. The van der Waals surface area contributed by atoms with Crippen molar-refractivity contribution >= 4 is 32.6 Å². The number of amides is 1. The number of anilines is 1. The van der Waals surface area contributed by atoms with E-state index in [9.17, 15) is 21.5 Å². The van der Waals surface area contributed by atoms with Gasteiger partial charge < -0.3 is 0 Å². The van der Waals surface area contributed by atoms with Gasteiger partial charge in [0.15, 0.2) is 5.13 Å². The number of carbonyl (C=O) groups is 1. The van der Waals surface area contributed by atoms with Crippen LogP contribution in [0.2, 0.25) is 0 Å². The Morgan fingerprint density at radius 2 is 2.09 bits per heavy atom. The second-order valence-corrected chi connectivity index (χ2v) is 7.52. The van der Waals surface area contributed by atoms with Crippen LogP contribution in [0.25, 0.3) is 11.3 Å². The van der Waals surface area contributed by atoms with Crippen LogP contribution in [0.3, 0.4) is 0 Å². The van der Waals surface area contributed by atoms with Crippen LogP contribution in [0.4, 0.5) is 13.4 Å². The number of carbonyl (C=O) groups excluding carboxylic acids is 1. The smallest absolute Gasteiger partial charge is 0.288 e. The number of hydrogen-bond acceptors (Lipinski definition) is 5. The fourth-order valence-electron chi connectivity index (χ4n) is 2.54. The maximum Gasteiger partial charge on any atom is 0.302 e. The van der Waals surface area contributed by atoms with Gasteiger partial charge in [0.25, 0.3) is 0 Å². The minimum Gasteiger partial charge on any atom is -0.288 e. The molecule has 0 bridgehead atoms. The van der Waals surface area contributed by atoms with Crippen LogP contribution in [-0.4, -0.2) is 31.6 Å². The van der Waals surface area contributed by atoms with Gasteiger partial charge >= 0.3 is 10.2 Å². The predicted molar refractivity (Wildman–Crippen MR) is 82.9 cm³/mol. The first kappa shape index (κ1) is 16.0. The van der Waals surface area contributed by atoms with E-state index in [0.717, 1.165) is 11.3 Å². The molecule has 122 valence electrons. The molecular weight excluding hydrogens is 346 g/mol. The molecule has 1 aliphatic heterocycles. The maximum absolute atomic E-state index is 13.8. The Labute approximate surface area is 135 Å². The van der Waals surface area contributed by atoms with Crippen molar-refractivity contribution in [3.63, 3.8) is 0 Å². The summed E-state index contributed by atoms with van der Waals surface area (Å²) in [6, 6.07) is 6.15. The van der Waals surface area contributed by atoms with E-state index in [1.165, 1.54) is 11.0 Å². The predicted octanol–water partition coefficient (Wildman–Crippen LogP) is 2.60. The zero-order valence-electron chi connectivity index (χ0n) is 11.8. The maximum atomic E-state index is 13.8. The Morgan fingerprint density at radius 1 is 1.35 bits per heavy atom. The summed E-state index contributed by atoms with van der Waals surface area (Å²) in [5.41, 5.74) is 0.724. The summed E-state index contributed by atoms with van der Waals surface area (Å²) in [5.74, 6) is -2.01. The van der Waals surface area contributed by atoms with Crippen molar-refractivity contribution in [2.75, 3.05) is 17.2 Å². The second-order valence-electron chi connectivity index (χ2n) is 5.28. The van der Waals surface area contributed by atoms with E-state index in [-0.39, 0.29) is 18.9 Å². The van der Waals surface area contributed by atoms with E-state index in [4.69, 9.17) is 0 Å². The topological polar surface area (TPSA) is 67.3 Å². The quantitative estimate of drug-likeness (QED) is 0.788. The number of thiazole rings is 1. The third-order valence-corrected chi connectivity index (χ3v) is 5.25. The zero-order chi connectivity index (χ0) is 16.6. The highest BCUT2D eigenvalue weighted by Gasteiger charge is 2.35. The largest absolute Gasteiger partial charge is 0.302 e. The van der Waals surface area contributed by atoms with Crippen molar-refractivity contribution in [3.8, 4) is 11.3 Å². The molecule has 2 heterocycles. The average Bonchev–Trinajstić information content (AvgIpc) is 3.04. The molecule has 0 spiro atoms. The molecule has 1 amide bonds. The zero-order valence-corrected chi connectivity index (χ0v) is 13.4. The molecule has 1 aromatic heterocycles. The molecule has 0 radical (unpaired) electrons. The molecule has 1 atom stereocenters. The highest BCUT2D eigenvalue weighted by atomic mass is 32.3. The molecule has 0 N–H and O–H groups in total. The molecule has 2 aromatic rings. The van der Waals surface area contributed by atoms with E-state index >= 15 is 0 Å². The Bertz CT molecular complexity index is 851. The summed E-state index contributed by atoms with van der Waals surface area (Å²) >= 11 is 1.16. The van der Waals surface area contributed by atoms with Crippen molar-refractivity contribution in [3.05, 3.63) is 35.5 Å². The third-order valence-electron chi connectivity index (χ3n) is 3.51. The van der Waals surface area contributed by atoms with Gasteiger partial charge in [-0.05, 0) is 12.1 Å². The molecule has 9 heteroatoms. The molecule has 1 aliphatic rings. The molecule has 1 fully saturated rings. The van der Waals surface area contributed by atoms with E-state index in [1.807, 2.05) is 0 Å². The second kappa shape index (κ2) is 5.97. The van der Waals surface area contributed by atoms with Crippen LogP contribution in [0.15, 0.2) is 29.6 Å². The highest BCUT2D eigenvalue weighted by Crippen LogP contribution is 2.32. The molecular formula is C14H12F2N2O3S2. The minimum atomic E-state index is -4.63.